The number of hydrogen-bond donors (Lipinski definition) is 0. The van der Waals surface area contributed by atoms with Crippen LogP contribution in [0.4, 0.5) is 0 Å². The van der Waals surface area contributed by atoms with E-state index in [1.165, 1.54) is 0 Å². The van der Waals surface area contributed by atoms with Crippen LogP contribution in [0.1, 0.15) is 0 Å². The first-order valence-corrected chi connectivity index (χ1v) is 52.8. The molecule has 354 valence electrons. The van der Waals surface area contributed by atoms with Crippen LogP contribution < -0.4 is 0 Å². The molecular formula is C39H96O11Si9. The highest BCUT2D eigenvalue weighted by atomic mass is 28.4. The van der Waals surface area contributed by atoms with Crippen molar-refractivity contribution in [1.82, 2.24) is 0 Å². The van der Waals surface area contributed by atoms with Gasteiger partial charge < -0.3 is 49.3 Å². The Morgan fingerprint density at radius 2 is 0.695 bits per heavy atom. The molecule has 0 radical (unpaired) electrons. The number of hydrogen-bond acceptors (Lipinski definition) is 11. The minimum atomic E-state index is -2.23. The Hall–Kier alpha value is 1.51. The highest BCUT2D eigenvalue weighted by Gasteiger charge is 2.54. The summed E-state index contributed by atoms with van der Waals surface area (Å²) in [7, 11) is -18.9. The highest BCUT2D eigenvalue weighted by molar-refractivity contribution is 6.72. The van der Waals surface area contributed by atoms with Crippen LogP contribution in [0.2, 0.25) is 177 Å². The molecule has 11 nitrogen and oxygen atoms in total. The van der Waals surface area contributed by atoms with Crippen molar-refractivity contribution in [2.75, 3.05) is 19.8 Å². The average Bonchev–Trinajstić information content (AvgIpc) is 3.23. The molecule has 1 aliphatic rings. The molecule has 20 heteroatoms. The van der Waals surface area contributed by atoms with Gasteiger partial charge in [-0.3, -0.25) is 0 Å². The van der Waals surface area contributed by atoms with Crippen molar-refractivity contribution in [3.8, 4) is 0 Å². The van der Waals surface area contributed by atoms with E-state index in [9.17, 15) is 0 Å². The minimum absolute atomic E-state index is 0.201. The molecular weight excluding hydrogens is 897 g/mol. The van der Waals surface area contributed by atoms with Gasteiger partial charge in [0.25, 0.3) is 0 Å². The van der Waals surface area contributed by atoms with Gasteiger partial charge in [0, 0.05) is 0 Å². The van der Waals surface area contributed by atoms with E-state index in [4.69, 9.17) is 49.3 Å². The summed E-state index contributed by atoms with van der Waals surface area (Å²) in [5.41, 5.74) is 0. The summed E-state index contributed by atoms with van der Waals surface area (Å²) in [5, 5.41) is 0. The summed E-state index contributed by atoms with van der Waals surface area (Å²) in [5.74, 6) is 0. The Bertz CT molecular complexity index is 1240. The molecule has 0 aliphatic carbocycles. The Kier molecular flexibility index (Phi) is 21.7. The first-order valence-electron chi connectivity index (χ1n) is 22.1. The monoisotopic (exact) mass is 992 g/mol. The van der Waals surface area contributed by atoms with Gasteiger partial charge in [-0.1, -0.05) is 0 Å². The van der Waals surface area contributed by atoms with Crippen molar-refractivity contribution in [2.45, 2.75) is 232 Å². The smallest absolute Gasteiger partial charge is 0.185 e. The lowest BCUT2D eigenvalue weighted by Crippen LogP contribution is -2.60. The Morgan fingerprint density at radius 3 is 1.03 bits per heavy atom. The molecule has 0 unspecified atom stereocenters. The van der Waals surface area contributed by atoms with Gasteiger partial charge in [-0.25, -0.2) is 0 Å². The van der Waals surface area contributed by atoms with Crippen LogP contribution in [0.15, 0.2) is 0 Å². The molecule has 1 heterocycles. The average molecular weight is 994 g/mol. The second-order valence-corrected chi connectivity index (χ2v) is 65.5. The topological polar surface area (TPSA) is 102 Å². The standard InChI is InChI=1S/C39H96O11Si9/c1-51(2,3)41-29-32(45-54(10,11)12)34-37(49-58(22,23)24)38(50-59(25,26)27)39(43-34)40-28-31(44-53(7,8)9)35(47-56(16,17)18)36(48-57(19,20)21)33(46-55(13,14)15)30-42-52(4,5)6/h31-39H,28-30H2,1-27H3/t31-,32-,33+,34+,35+,36-,37+,38-,39-/m1/s1. The van der Waals surface area contributed by atoms with E-state index >= 15 is 0 Å². The summed E-state index contributed by atoms with van der Waals surface area (Å²) in [6.07, 6.45) is -4.25. The molecule has 1 rings (SSSR count). The summed E-state index contributed by atoms with van der Waals surface area (Å²) >= 11 is 0. The summed E-state index contributed by atoms with van der Waals surface area (Å²) in [6.45, 7) is 61.0. The fourth-order valence-corrected chi connectivity index (χ4v) is 15.5. The summed E-state index contributed by atoms with van der Waals surface area (Å²) in [6, 6.07) is 0. The zero-order valence-corrected chi connectivity index (χ0v) is 52.3. The van der Waals surface area contributed by atoms with E-state index in [1.54, 1.807) is 0 Å². The molecule has 0 saturated carbocycles. The zero-order chi connectivity index (χ0) is 46.6. The minimum Gasteiger partial charge on any atom is -0.415 e. The van der Waals surface area contributed by atoms with Gasteiger partial charge in [0.2, 0.25) is 0 Å². The largest absolute Gasteiger partial charge is 0.415 e. The van der Waals surface area contributed by atoms with Crippen LogP contribution >= 0.6 is 0 Å². The molecule has 9 atom stereocenters. The second-order valence-electron chi connectivity index (χ2n) is 25.2. The molecule has 0 N–H and O–H groups in total. The Balaban J connectivity index is 4.06. The highest BCUT2D eigenvalue weighted by Crippen LogP contribution is 2.37. The van der Waals surface area contributed by atoms with Gasteiger partial charge in [0.1, 0.15) is 18.3 Å². The van der Waals surface area contributed by atoms with Gasteiger partial charge in [-0.15, -0.1) is 0 Å². The van der Waals surface area contributed by atoms with E-state index in [0.29, 0.717) is 13.2 Å². The second kappa shape index (κ2) is 21.9. The predicted octanol–water partition coefficient (Wildman–Crippen LogP) is 11.0. The molecule has 0 aromatic rings. The van der Waals surface area contributed by atoms with Crippen molar-refractivity contribution >= 4 is 74.9 Å². The van der Waals surface area contributed by atoms with E-state index in [-0.39, 0.29) is 18.8 Å². The van der Waals surface area contributed by atoms with Crippen LogP contribution in [0.5, 0.6) is 0 Å². The van der Waals surface area contributed by atoms with Crippen molar-refractivity contribution < 1.29 is 49.3 Å². The SMILES string of the molecule is C[Si](C)(C)OC[C@H](O[Si](C)(C)C)[C@@H](O[Si](C)(C)C)[C@@H](O[Si](C)(C)C)[C@@H](CO[C@@H]1O[C@@H]([C@@H](CO[Si](C)(C)C)O[Si](C)(C)C)[C@H](O[Si](C)(C)C)[C@H]1O[Si](C)(C)C)O[Si](C)(C)C. The lowest BCUT2D eigenvalue weighted by molar-refractivity contribution is -0.196. The molecule has 0 spiro atoms. The quantitative estimate of drug-likeness (QED) is 0.0735. The maximum atomic E-state index is 7.30. The Morgan fingerprint density at radius 1 is 0.356 bits per heavy atom. The fraction of sp³-hybridized carbons (Fsp3) is 1.00. The van der Waals surface area contributed by atoms with E-state index in [0.717, 1.165) is 0 Å². The third-order valence-corrected chi connectivity index (χ3v) is 16.9. The normalized spacial score (nSPS) is 23.6. The molecule has 59 heavy (non-hydrogen) atoms. The predicted molar refractivity (Wildman–Crippen MR) is 271 cm³/mol. The first kappa shape index (κ1) is 58.5. The molecule has 0 bridgehead atoms. The molecule has 0 amide bonds. The van der Waals surface area contributed by atoms with Crippen LogP contribution in [-0.4, -0.2) is 150 Å². The zero-order valence-electron chi connectivity index (χ0n) is 43.3. The van der Waals surface area contributed by atoms with Gasteiger partial charge >= 0.3 is 0 Å². The van der Waals surface area contributed by atoms with Crippen molar-refractivity contribution in [2.24, 2.45) is 0 Å². The molecule has 1 saturated heterocycles. The van der Waals surface area contributed by atoms with E-state index in [1.807, 2.05) is 0 Å². The third kappa shape index (κ3) is 26.9. The lowest BCUT2D eigenvalue weighted by Gasteiger charge is -2.46. The van der Waals surface area contributed by atoms with Gasteiger partial charge in [-0.05, 0) is 177 Å². The van der Waals surface area contributed by atoms with Crippen molar-refractivity contribution in [3.05, 3.63) is 0 Å². The van der Waals surface area contributed by atoms with Gasteiger partial charge in [0.15, 0.2) is 81.1 Å². The van der Waals surface area contributed by atoms with Crippen LogP contribution in [0.25, 0.3) is 0 Å². The third-order valence-electron chi connectivity index (χ3n) is 7.89. The first-order chi connectivity index (χ1) is 25.8. The van der Waals surface area contributed by atoms with Gasteiger partial charge in [-0.2, -0.15) is 0 Å². The molecule has 1 fully saturated rings. The van der Waals surface area contributed by atoms with Crippen molar-refractivity contribution in [3.63, 3.8) is 0 Å². The van der Waals surface area contributed by atoms with Crippen LogP contribution in [0, 0.1) is 0 Å². The Labute approximate surface area is 373 Å². The van der Waals surface area contributed by atoms with Crippen molar-refractivity contribution in [1.29, 1.82) is 0 Å². The van der Waals surface area contributed by atoms with Crippen LogP contribution in [0.3, 0.4) is 0 Å². The maximum absolute atomic E-state index is 7.30. The molecule has 0 aromatic carbocycles. The molecule has 0 aromatic heterocycles. The summed E-state index contributed by atoms with van der Waals surface area (Å²) < 4.78 is 77.4. The van der Waals surface area contributed by atoms with E-state index < -0.39 is 118 Å². The fourth-order valence-electron chi connectivity index (χ4n) is 6.49. The van der Waals surface area contributed by atoms with Gasteiger partial charge in [0.05, 0.1) is 50.3 Å². The summed E-state index contributed by atoms with van der Waals surface area (Å²) in [4.78, 5) is 0. The maximum Gasteiger partial charge on any atom is 0.185 e. The lowest BCUT2D eigenvalue weighted by atomic mass is 10.0. The van der Waals surface area contributed by atoms with E-state index in [2.05, 4.69) is 177 Å². The van der Waals surface area contributed by atoms with Crippen LogP contribution in [-0.2, 0) is 49.3 Å². The number of rotatable bonds is 27. The number of ether oxygens (including phenoxy) is 2. The molecule has 1 aliphatic heterocycles.